The molecule has 2 nitrogen and oxygen atoms in total. The van der Waals surface area contributed by atoms with Crippen molar-refractivity contribution in [3.63, 3.8) is 0 Å². The first-order valence-electron chi connectivity index (χ1n) is 8.02. The monoisotopic (exact) mass is 424 g/mol. The normalized spacial score (nSPS) is 11.6. The van der Waals surface area contributed by atoms with E-state index >= 15 is 0 Å². The van der Waals surface area contributed by atoms with Crippen LogP contribution >= 0.6 is 0 Å². The first-order valence-corrected chi connectivity index (χ1v) is 8.02. The average Bonchev–Trinajstić information content (AvgIpc) is 2.54. The van der Waals surface area contributed by atoms with Crippen LogP contribution in [0, 0.1) is 29.1 Å². The number of ketones is 2. The fraction of sp³-hybridized carbons (Fsp3) is 0.263. The van der Waals surface area contributed by atoms with E-state index < -0.39 is 65.0 Å². The minimum Gasteiger partial charge on any atom is -0.300 e. The number of rotatable bonds is 6. The Bertz CT molecular complexity index is 950. The van der Waals surface area contributed by atoms with Crippen LogP contribution in [0.1, 0.15) is 29.2 Å². The highest BCUT2D eigenvalue weighted by Gasteiger charge is 2.42. The second-order valence-electron chi connectivity index (χ2n) is 6.35. The number of Topliss-reactive ketones (excluding diaryl/α,β-unsaturated/α-hetero) is 2. The Morgan fingerprint density at radius 3 is 1.69 bits per heavy atom. The predicted molar refractivity (Wildman–Crippen MR) is 84.5 cm³/mol. The lowest BCUT2D eigenvalue weighted by atomic mass is 9.98. The summed E-state index contributed by atoms with van der Waals surface area (Å²) in [6, 6.07) is 3.22. The lowest BCUT2D eigenvalue weighted by molar-refractivity contribution is -0.143. The number of hydrogen-bond donors (Lipinski definition) is 0. The van der Waals surface area contributed by atoms with Crippen LogP contribution in [0.5, 0.6) is 0 Å². The summed E-state index contributed by atoms with van der Waals surface area (Å²) in [5.41, 5.74) is -4.00. The zero-order valence-electron chi connectivity index (χ0n) is 14.7. The standard InChI is InChI=1S/C19H12F8O2/c1-8(28)2-9-3-10(5-11(20)4-9)6-12(29)7-13-15(21)17(23)14(19(25,26)27)18(24)16(13)22/h3-5H,2,6-7H2,1H3. The van der Waals surface area contributed by atoms with Gasteiger partial charge < -0.3 is 0 Å². The van der Waals surface area contributed by atoms with Crippen molar-refractivity contribution < 1.29 is 44.7 Å². The molecule has 0 aliphatic heterocycles. The fourth-order valence-corrected chi connectivity index (χ4v) is 2.78. The molecule has 0 radical (unpaired) electrons. The molecule has 0 saturated carbocycles. The third kappa shape index (κ3) is 5.18. The van der Waals surface area contributed by atoms with Crippen molar-refractivity contribution in [1.82, 2.24) is 0 Å². The van der Waals surface area contributed by atoms with Crippen molar-refractivity contribution >= 4 is 11.6 Å². The highest BCUT2D eigenvalue weighted by atomic mass is 19.4. The predicted octanol–water partition coefficient (Wildman–Crippen LogP) is 4.89. The van der Waals surface area contributed by atoms with Gasteiger partial charge in [0.15, 0.2) is 23.3 Å². The molecule has 0 atom stereocenters. The zero-order valence-corrected chi connectivity index (χ0v) is 14.7. The van der Waals surface area contributed by atoms with Crippen molar-refractivity contribution in [2.75, 3.05) is 0 Å². The van der Waals surface area contributed by atoms with Crippen molar-refractivity contribution in [3.05, 3.63) is 69.5 Å². The average molecular weight is 424 g/mol. The smallest absolute Gasteiger partial charge is 0.300 e. The van der Waals surface area contributed by atoms with Crippen LogP contribution in [-0.2, 0) is 35.0 Å². The zero-order chi connectivity index (χ0) is 22.1. The number of benzene rings is 2. The lowest BCUT2D eigenvalue weighted by Gasteiger charge is -2.14. The minimum absolute atomic E-state index is 0.0138. The van der Waals surface area contributed by atoms with Crippen LogP contribution in [0.15, 0.2) is 18.2 Å². The summed E-state index contributed by atoms with van der Waals surface area (Å²) >= 11 is 0. The van der Waals surface area contributed by atoms with Gasteiger partial charge in [0.1, 0.15) is 22.9 Å². The Kier molecular flexibility index (Phi) is 6.44. The van der Waals surface area contributed by atoms with E-state index in [1.54, 1.807) is 0 Å². The van der Waals surface area contributed by atoms with Gasteiger partial charge in [-0.05, 0) is 30.2 Å². The highest BCUT2D eigenvalue weighted by Crippen LogP contribution is 2.37. The molecule has 0 fully saturated rings. The van der Waals surface area contributed by atoms with Crippen molar-refractivity contribution in [3.8, 4) is 0 Å². The maximum Gasteiger partial charge on any atom is 0.422 e. The van der Waals surface area contributed by atoms with Crippen LogP contribution in [0.4, 0.5) is 35.1 Å². The number of carbonyl (C=O) groups is 2. The van der Waals surface area contributed by atoms with Gasteiger partial charge in [0, 0.05) is 24.8 Å². The van der Waals surface area contributed by atoms with E-state index in [9.17, 15) is 44.7 Å². The molecule has 0 aliphatic carbocycles. The molecule has 29 heavy (non-hydrogen) atoms. The Labute approximate surface area is 159 Å². The van der Waals surface area contributed by atoms with Crippen molar-refractivity contribution in [2.24, 2.45) is 0 Å². The molecule has 0 bridgehead atoms. The minimum atomic E-state index is -5.69. The van der Waals surface area contributed by atoms with Crippen molar-refractivity contribution in [1.29, 1.82) is 0 Å². The number of carbonyl (C=O) groups excluding carboxylic acids is 2. The molecule has 0 spiro atoms. The van der Waals surface area contributed by atoms with Crippen molar-refractivity contribution in [2.45, 2.75) is 32.4 Å². The van der Waals surface area contributed by atoms with E-state index in [-0.39, 0.29) is 23.3 Å². The van der Waals surface area contributed by atoms with Crippen LogP contribution in [0.3, 0.4) is 0 Å². The second-order valence-corrected chi connectivity index (χ2v) is 6.35. The summed E-state index contributed by atoms with van der Waals surface area (Å²) in [6.45, 7) is 1.25. The lowest BCUT2D eigenvalue weighted by Crippen LogP contribution is -2.19. The molecular weight excluding hydrogens is 412 g/mol. The first-order chi connectivity index (χ1) is 13.3. The Morgan fingerprint density at radius 1 is 0.759 bits per heavy atom. The van der Waals surface area contributed by atoms with E-state index in [0.717, 1.165) is 12.1 Å². The molecule has 0 aromatic heterocycles. The molecule has 2 aromatic carbocycles. The van der Waals surface area contributed by atoms with E-state index in [1.807, 2.05) is 0 Å². The third-order valence-corrected chi connectivity index (χ3v) is 3.88. The van der Waals surface area contributed by atoms with Gasteiger partial charge in [-0.1, -0.05) is 6.07 Å². The topological polar surface area (TPSA) is 34.1 Å². The maximum atomic E-state index is 13.9. The van der Waals surface area contributed by atoms with Crippen LogP contribution in [0.2, 0.25) is 0 Å². The SMILES string of the molecule is CC(=O)Cc1cc(F)cc(CC(=O)Cc2c(F)c(F)c(C(F)(F)F)c(F)c2F)c1. The summed E-state index contributed by atoms with van der Waals surface area (Å²) in [4.78, 5) is 23.2. The molecule has 0 unspecified atom stereocenters. The van der Waals surface area contributed by atoms with Crippen LogP contribution < -0.4 is 0 Å². The van der Waals surface area contributed by atoms with Gasteiger partial charge in [-0.15, -0.1) is 0 Å². The van der Waals surface area contributed by atoms with Gasteiger partial charge in [0.05, 0.1) is 0 Å². The van der Waals surface area contributed by atoms with Gasteiger partial charge in [0.2, 0.25) is 0 Å². The molecule has 10 heteroatoms. The van der Waals surface area contributed by atoms with Gasteiger partial charge >= 0.3 is 6.18 Å². The van der Waals surface area contributed by atoms with E-state index in [4.69, 9.17) is 0 Å². The molecule has 2 aromatic rings. The molecule has 0 heterocycles. The van der Waals surface area contributed by atoms with Crippen LogP contribution in [-0.4, -0.2) is 11.6 Å². The largest absolute Gasteiger partial charge is 0.422 e. The quantitative estimate of drug-likeness (QED) is 0.489. The van der Waals surface area contributed by atoms with Gasteiger partial charge in [0.25, 0.3) is 0 Å². The summed E-state index contributed by atoms with van der Waals surface area (Å²) in [7, 11) is 0. The Balaban J connectivity index is 2.33. The molecule has 0 saturated heterocycles. The molecular formula is C19H12F8O2. The summed E-state index contributed by atoms with van der Waals surface area (Å²) in [6.07, 6.45) is -7.72. The first kappa shape index (κ1) is 22.5. The molecule has 0 N–H and O–H groups in total. The summed E-state index contributed by atoms with van der Waals surface area (Å²) in [5, 5.41) is 0. The number of alkyl halides is 3. The van der Waals surface area contributed by atoms with E-state index in [2.05, 4.69) is 0 Å². The number of hydrogen-bond acceptors (Lipinski definition) is 2. The highest BCUT2D eigenvalue weighted by molar-refractivity contribution is 5.83. The number of halogens is 8. The van der Waals surface area contributed by atoms with E-state index in [0.29, 0.717) is 0 Å². The Hall–Kier alpha value is -2.78. The summed E-state index contributed by atoms with van der Waals surface area (Å²) in [5.74, 6) is -12.1. The summed E-state index contributed by atoms with van der Waals surface area (Å²) < 4.78 is 106. The fourth-order valence-electron chi connectivity index (χ4n) is 2.78. The third-order valence-electron chi connectivity index (χ3n) is 3.88. The molecule has 0 aliphatic rings. The van der Waals surface area contributed by atoms with Gasteiger partial charge in [-0.25, -0.2) is 22.0 Å². The Morgan fingerprint density at radius 2 is 1.24 bits per heavy atom. The molecule has 2 rings (SSSR count). The van der Waals surface area contributed by atoms with Gasteiger partial charge in [-0.2, -0.15) is 13.2 Å². The van der Waals surface area contributed by atoms with E-state index in [1.165, 1.54) is 13.0 Å². The van der Waals surface area contributed by atoms with Gasteiger partial charge in [-0.3, -0.25) is 9.59 Å². The van der Waals surface area contributed by atoms with Crippen LogP contribution in [0.25, 0.3) is 0 Å². The molecule has 0 amide bonds. The second kappa shape index (κ2) is 8.30. The maximum absolute atomic E-state index is 13.9. The molecule has 156 valence electrons.